The van der Waals surface area contributed by atoms with Gasteiger partial charge in [-0.25, -0.2) is 4.98 Å². The molecular weight excluding hydrogens is 318 g/mol. The molecule has 2 heterocycles. The van der Waals surface area contributed by atoms with E-state index in [4.69, 9.17) is 0 Å². The second kappa shape index (κ2) is 7.74. The van der Waals surface area contributed by atoms with E-state index in [0.717, 1.165) is 24.2 Å². The van der Waals surface area contributed by atoms with Crippen LogP contribution in [0.15, 0.2) is 41.6 Å². The van der Waals surface area contributed by atoms with Gasteiger partial charge in [0.1, 0.15) is 12.0 Å². The van der Waals surface area contributed by atoms with Crippen LogP contribution >= 0.6 is 0 Å². The summed E-state index contributed by atoms with van der Waals surface area (Å²) in [6.07, 6.45) is 6.78. The molecule has 0 bridgehead atoms. The van der Waals surface area contributed by atoms with E-state index in [1.165, 1.54) is 43.3 Å². The normalized spacial score (nSPS) is 14.7. The summed E-state index contributed by atoms with van der Waals surface area (Å²) in [7, 11) is 0. The number of nitrogens with one attached hydrogen (secondary N) is 1. The molecule has 1 aromatic carbocycles. The van der Waals surface area contributed by atoms with Crippen LogP contribution in [0.5, 0.6) is 0 Å². The number of hydrogen-bond donors (Lipinski definition) is 1. The van der Waals surface area contributed by atoms with Gasteiger partial charge in [-0.05, 0) is 55.5 Å². The van der Waals surface area contributed by atoms with E-state index in [1.54, 1.807) is 6.21 Å². The van der Waals surface area contributed by atoms with Crippen LogP contribution in [-0.2, 0) is 0 Å². The largest absolute Gasteiger partial charge is 0.372 e. The fraction of sp³-hybridized carbons (Fsp3) is 0.333. The zero-order valence-electron chi connectivity index (χ0n) is 14.2. The highest BCUT2D eigenvalue weighted by Gasteiger charge is 2.11. The predicted molar refractivity (Wildman–Crippen MR) is 99.4 cm³/mol. The maximum atomic E-state index is 10.6. The van der Waals surface area contributed by atoms with Crippen LogP contribution in [0.4, 0.5) is 17.2 Å². The molecule has 0 spiro atoms. The molecule has 0 aliphatic carbocycles. The Morgan fingerprint density at radius 1 is 1.24 bits per heavy atom. The molecule has 25 heavy (non-hydrogen) atoms. The molecule has 1 N–H and O–H groups in total. The van der Waals surface area contributed by atoms with Gasteiger partial charge in [-0.15, -0.1) is 0 Å². The molecule has 130 valence electrons. The van der Waals surface area contributed by atoms with E-state index in [2.05, 4.69) is 45.5 Å². The van der Waals surface area contributed by atoms with Gasteiger partial charge in [0, 0.05) is 24.8 Å². The van der Waals surface area contributed by atoms with Crippen LogP contribution in [-0.4, -0.2) is 29.2 Å². The predicted octanol–water partition coefficient (Wildman–Crippen LogP) is 3.73. The van der Waals surface area contributed by atoms with E-state index in [-0.39, 0.29) is 5.69 Å². The minimum Gasteiger partial charge on any atom is -0.372 e. The quantitative estimate of drug-likeness (QED) is 0.510. The molecule has 1 aliphatic heterocycles. The van der Waals surface area contributed by atoms with Crippen LogP contribution in [0.25, 0.3) is 0 Å². The van der Waals surface area contributed by atoms with Crippen LogP contribution in [0, 0.1) is 17.0 Å². The molecule has 1 aliphatic rings. The van der Waals surface area contributed by atoms with Crippen LogP contribution in [0.2, 0.25) is 0 Å². The van der Waals surface area contributed by atoms with E-state index in [9.17, 15) is 10.1 Å². The number of anilines is 2. The van der Waals surface area contributed by atoms with Crippen molar-refractivity contribution in [2.75, 3.05) is 23.4 Å². The van der Waals surface area contributed by atoms with Gasteiger partial charge in [0.25, 0.3) is 5.69 Å². The first-order valence-electron chi connectivity index (χ1n) is 8.38. The van der Waals surface area contributed by atoms with E-state index >= 15 is 0 Å². The first-order chi connectivity index (χ1) is 12.1. The molecule has 1 aromatic heterocycles. The summed E-state index contributed by atoms with van der Waals surface area (Å²) >= 11 is 0. The molecule has 3 rings (SSSR count). The van der Waals surface area contributed by atoms with E-state index < -0.39 is 4.92 Å². The molecule has 7 nitrogen and oxygen atoms in total. The molecule has 0 atom stereocenters. The lowest BCUT2D eigenvalue weighted by Gasteiger charge is -2.29. The van der Waals surface area contributed by atoms with Crippen molar-refractivity contribution in [3.63, 3.8) is 0 Å². The Bertz CT molecular complexity index is 768. The number of nitro groups is 1. The number of aryl methyl sites for hydroxylation is 1. The van der Waals surface area contributed by atoms with Gasteiger partial charge in [-0.1, -0.05) is 6.07 Å². The van der Waals surface area contributed by atoms with Crippen LogP contribution in [0.1, 0.15) is 30.4 Å². The summed E-state index contributed by atoms with van der Waals surface area (Å²) in [6, 6.07) is 9.31. The summed E-state index contributed by atoms with van der Waals surface area (Å²) < 4.78 is 0. The Hall–Kier alpha value is -2.96. The zero-order chi connectivity index (χ0) is 17.6. The second-order valence-electron chi connectivity index (χ2n) is 6.12. The number of hydrogen-bond acceptors (Lipinski definition) is 6. The van der Waals surface area contributed by atoms with Crippen molar-refractivity contribution in [3.05, 3.63) is 57.8 Å². The fourth-order valence-electron chi connectivity index (χ4n) is 2.88. The standard InChI is InChI=1S/C18H21N5O2/c1-14-11-16(22-9-3-2-4-10-22)6-5-15(14)12-20-21-18-8-7-17(13-19-18)23(24)25/h5-8,11-13H,2-4,9-10H2,1H3,(H,19,21)/b20-12+. The first kappa shape index (κ1) is 16.9. The highest BCUT2D eigenvalue weighted by molar-refractivity contribution is 5.83. The summed E-state index contributed by atoms with van der Waals surface area (Å²) in [6.45, 7) is 4.32. The van der Waals surface area contributed by atoms with Crippen molar-refractivity contribution >= 4 is 23.4 Å². The molecule has 1 fully saturated rings. The van der Waals surface area contributed by atoms with Gasteiger partial charge in [-0.2, -0.15) is 5.10 Å². The number of aromatic nitrogens is 1. The minimum absolute atomic E-state index is 0.0429. The van der Waals surface area contributed by atoms with Crippen molar-refractivity contribution in [2.24, 2.45) is 5.10 Å². The van der Waals surface area contributed by atoms with E-state index in [1.807, 2.05) is 0 Å². The third-order valence-electron chi connectivity index (χ3n) is 4.32. The molecule has 0 unspecified atom stereocenters. The summed E-state index contributed by atoms with van der Waals surface area (Å²) in [5, 5.41) is 14.8. The molecule has 7 heteroatoms. The zero-order valence-corrected chi connectivity index (χ0v) is 14.2. The molecule has 1 saturated heterocycles. The number of hydrazone groups is 1. The molecule has 2 aromatic rings. The lowest BCUT2D eigenvalue weighted by atomic mass is 10.1. The fourth-order valence-corrected chi connectivity index (χ4v) is 2.88. The monoisotopic (exact) mass is 339 g/mol. The smallest absolute Gasteiger partial charge is 0.287 e. The van der Waals surface area contributed by atoms with Crippen molar-refractivity contribution in [3.8, 4) is 0 Å². The Morgan fingerprint density at radius 3 is 2.68 bits per heavy atom. The topological polar surface area (TPSA) is 83.7 Å². The molecular formula is C18H21N5O2. The van der Waals surface area contributed by atoms with Gasteiger partial charge in [0.15, 0.2) is 0 Å². The Kier molecular flexibility index (Phi) is 5.23. The first-order valence-corrected chi connectivity index (χ1v) is 8.38. The summed E-state index contributed by atoms with van der Waals surface area (Å²) in [5.41, 5.74) is 6.19. The minimum atomic E-state index is -0.479. The highest BCUT2D eigenvalue weighted by Crippen LogP contribution is 2.22. The Balaban J connectivity index is 1.63. The Labute approximate surface area is 146 Å². The van der Waals surface area contributed by atoms with Gasteiger partial charge in [0.2, 0.25) is 0 Å². The molecule has 0 saturated carbocycles. The lowest BCUT2D eigenvalue weighted by Crippen LogP contribution is -2.29. The van der Waals surface area contributed by atoms with Crippen molar-refractivity contribution in [1.82, 2.24) is 4.98 Å². The third-order valence-corrected chi connectivity index (χ3v) is 4.32. The van der Waals surface area contributed by atoms with Gasteiger partial charge in [-0.3, -0.25) is 15.5 Å². The SMILES string of the molecule is Cc1cc(N2CCCCC2)ccc1/C=N/Nc1ccc([N+](=O)[O-])cn1. The second-order valence-corrected chi connectivity index (χ2v) is 6.12. The average Bonchev–Trinajstić information content (AvgIpc) is 2.64. The number of rotatable bonds is 5. The van der Waals surface area contributed by atoms with Crippen molar-refractivity contribution in [1.29, 1.82) is 0 Å². The van der Waals surface area contributed by atoms with Crippen LogP contribution < -0.4 is 10.3 Å². The number of nitrogens with zero attached hydrogens (tertiary/aromatic N) is 4. The summed E-state index contributed by atoms with van der Waals surface area (Å²) in [4.78, 5) is 16.5. The van der Waals surface area contributed by atoms with E-state index in [0.29, 0.717) is 5.82 Å². The maximum absolute atomic E-state index is 10.6. The summed E-state index contributed by atoms with van der Waals surface area (Å²) in [5.74, 6) is 0.462. The van der Waals surface area contributed by atoms with Crippen LogP contribution in [0.3, 0.4) is 0 Å². The van der Waals surface area contributed by atoms with Gasteiger partial charge < -0.3 is 4.90 Å². The van der Waals surface area contributed by atoms with Gasteiger partial charge >= 0.3 is 0 Å². The number of piperidine rings is 1. The average molecular weight is 339 g/mol. The van der Waals surface area contributed by atoms with Gasteiger partial charge in [0.05, 0.1) is 11.1 Å². The molecule has 0 radical (unpaired) electrons. The highest BCUT2D eigenvalue weighted by atomic mass is 16.6. The van der Waals surface area contributed by atoms with Crippen molar-refractivity contribution < 1.29 is 4.92 Å². The number of pyridine rings is 1. The lowest BCUT2D eigenvalue weighted by molar-refractivity contribution is -0.385. The molecule has 0 amide bonds. The third kappa shape index (κ3) is 4.32. The van der Waals surface area contributed by atoms with Crippen molar-refractivity contribution in [2.45, 2.75) is 26.2 Å². The Morgan fingerprint density at radius 2 is 2.04 bits per heavy atom. The maximum Gasteiger partial charge on any atom is 0.287 e. The number of benzene rings is 1.